The third-order valence-corrected chi connectivity index (χ3v) is 2.12. The average Bonchev–Trinajstić information content (AvgIpc) is 2.75. The van der Waals surface area contributed by atoms with Gasteiger partial charge in [0.1, 0.15) is 5.75 Å². The Morgan fingerprint density at radius 1 is 1.33 bits per heavy atom. The van der Waals surface area contributed by atoms with Gasteiger partial charge in [0.2, 0.25) is 0 Å². The second-order valence-corrected chi connectivity index (χ2v) is 3.39. The minimum atomic E-state index is -4.72. The number of ether oxygens (including phenoxy) is 1. The summed E-state index contributed by atoms with van der Waals surface area (Å²) in [7, 11) is 0. The second-order valence-electron chi connectivity index (χ2n) is 3.39. The third-order valence-electron chi connectivity index (χ3n) is 2.12. The van der Waals surface area contributed by atoms with E-state index in [1.54, 1.807) is 6.07 Å². The van der Waals surface area contributed by atoms with Crippen LogP contribution in [0.2, 0.25) is 0 Å². The average molecular weight is 258 g/mol. The molecule has 1 aromatic carbocycles. The summed E-state index contributed by atoms with van der Waals surface area (Å²) in [6.07, 6.45) is -3.28. The molecule has 2 aromatic rings. The Kier molecular flexibility index (Phi) is 3.19. The van der Waals surface area contributed by atoms with Gasteiger partial charge in [-0.3, -0.25) is 0 Å². The van der Waals surface area contributed by atoms with Crippen LogP contribution in [0.25, 0.3) is 5.69 Å². The van der Waals surface area contributed by atoms with Crippen molar-refractivity contribution in [3.05, 3.63) is 36.2 Å². The lowest BCUT2D eigenvalue weighted by Gasteiger charge is -2.10. The molecule has 18 heavy (non-hydrogen) atoms. The van der Waals surface area contributed by atoms with Crippen LogP contribution in [0.1, 0.15) is 5.69 Å². The molecule has 0 spiro atoms. The van der Waals surface area contributed by atoms with Gasteiger partial charge < -0.3 is 10.5 Å². The van der Waals surface area contributed by atoms with Crippen LogP contribution in [-0.4, -0.2) is 21.4 Å². The maximum absolute atomic E-state index is 12.1. The molecule has 0 saturated carbocycles. The summed E-state index contributed by atoms with van der Waals surface area (Å²) < 4.78 is 41.4. The van der Waals surface area contributed by atoms with E-state index >= 15 is 0 Å². The predicted molar refractivity (Wildman–Crippen MR) is 55.9 cm³/mol. The van der Waals surface area contributed by atoms with Gasteiger partial charge in [-0.15, -0.1) is 18.3 Å². The fourth-order valence-electron chi connectivity index (χ4n) is 1.43. The lowest BCUT2D eigenvalue weighted by atomic mass is 10.3. The number of hydrogen-bond acceptors (Lipinski definition) is 4. The zero-order valence-electron chi connectivity index (χ0n) is 9.05. The third kappa shape index (κ3) is 2.77. The fourth-order valence-corrected chi connectivity index (χ4v) is 1.43. The number of rotatable bonds is 3. The van der Waals surface area contributed by atoms with Gasteiger partial charge in [-0.05, 0) is 12.1 Å². The molecule has 2 rings (SSSR count). The summed E-state index contributed by atoms with van der Waals surface area (Å²) >= 11 is 0. The first kappa shape index (κ1) is 12.4. The molecular formula is C10H9F3N4O. The van der Waals surface area contributed by atoms with Gasteiger partial charge in [0, 0.05) is 12.6 Å². The van der Waals surface area contributed by atoms with Gasteiger partial charge in [0.05, 0.1) is 17.6 Å². The Morgan fingerprint density at radius 2 is 2.11 bits per heavy atom. The molecule has 0 atom stereocenters. The molecule has 0 aliphatic rings. The molecule has 1 heterocycles. The molecule has 5 nitrogen and oxygen atoms in total. The molecule has 2 N–H and O–H groups in total. The zero-order valence-corrected chi connectivity index (χ0v) is 9.05. The van der Waals surface area contributed by atoms with Crippen molar-refractivity contribution in [2.45, 2.75) is 12.9 Å². The molecule has 0 fully saturated rings. The minimum absolute atomic E-state index is 0.178. The van der Waals surface area contributed by atoms with E-state index in [9.17, 15) is 13.2 Å². The van der Waals surface area contributed by atoms with Crippen molar-refractivity contribution in [1.82, 2.24) is 15.0 Å². The van der Waals surface area contributed by atoms with Gasteiger partial charge in [-0.2, -0.15) is 0 Å². The molecule has 8 heteroatoms. The summed E-state index contributed by atoms with van der Waals surface area (Å²) in [5, 5.41) is 7.39. The van der Waals surface area contributed by atoms with Gasteiger partial charge in [0.25, 0.3) is 0 Å². The van der Waals surface area contributed by atoms with Crippen LogP contribution in [0, 0.1) is 0 Å². The summed E-state index contributed by atoms with van der Waals surface area (Å²) in [5.41, 5.74) is 6.44. The zero-order chi connectivity index (χ0) is 13.2. The van der Waals surface area contributed by atoms with Crippen LogP contribution in [0.5, 0.6) is 5.75 Å². The van der Waals surface area contributed by atoms with Crippen molar-refractivity contribution >= 4 is 0 Å². The number of nitrogens with two attached hydrogens (primary N) is 1. The van der Waals surface area contributed by atoms with E-state index in [1.165, 1.54) is 29.1 Å². The smallest absolute Gasteiger partial charge is 0.406 e. The Labute approximate surface area is 100.0 Å². The molecule has 0 bridgehead atoms. The number of aromatic nitrogens is 3. The fraction of sp³-hybridized carbons (Fsp3) is 0.200. The van der Waals surface area contributed by atoms with Gasteiger partial charge >= 0.3 is 6.36 Å². The van der Waals surface area contributed by atoms with Crippen molar-refractivity contribution in [2.75, 3.05) is 0 Å². The first-order valence-corrected chi connectivity index (χ1v) is 4.95. The molecule has 0 aliphatic carbocycles. The predicted octanol–water partition coefficient (Wildman–Crippen LogP) is 1.62. The van der Waals surface area contributed by atoms with Crippen LogP contribution >= 0.6 is 0 Å². The lowest BCUT2D eigenvalue weighted by Crippen LogP contribution is -2.17. The van der Waals surface area contributed by atoms with Gasteiger partial charge in [-0.1, -0.05) is 11.3 Å². The first-order chi connectivity index (χ1) is 8.49. The number of halogens is 3. The van der Waals surface area contributed by atoms with Crippen LogP contribution < -0.4 is 10.5 Å². The minimum Gasteiger partial charge on any atom is -0.406 e. The van der Waals surface area contributed by atoms with Crippen molar-refractivity contribution in [3.8, 4) is 11.4 Å². The van der Waals surface area contributed by atoms with Crippen molar-refractivity contribution in [2.24, 2.45) is 5.73 Å². The van der Waals surface area contributed by atoms with Crippen molar-refractivity contribution < 1.29 is 17.9 Å². The molecule has 1 aromatic heterocycles. The second kappa shape index (κ2) is 4.65. The Bertz CT molecular complexity index is 538. The van der Waals surface area contributed by atoms with E-state index in [0.717, 1.165) is 0 Å². The number of benzene rings is 1. The molecule has 0 unspecified atom stereocenters. The topological polar surface area (TPSA) is 66.0 Å². The monoisotopic (exact) mass is 258 g/mol. The number of hydrogen-bond donors (Lipinski definition) is 1. The molecule has 0 amide bonds. The molecular weight excluding hydrogens is 249 g/mol. The maximum Gasteiger partial charge on any atom is 0.573 e. The summed E-state index contributed by atoms with van der Waals surface area (Å²) in [6, 6.07) is 5.42. The van der Waals surface area contributed by atoms with Crippen molar-refractivity contribution in [3.63, 3.8) is 0 Å². The maximum atomic E-state index is 12.1. The molecule has 0 saturated heterocycles. The van der Waals surface area contributed by atoms with Crippen molar-refractivity contribution in [1.29, 1.82) is 0 Å². The highest BCUT2D eigenvalue weighted by molar-refractivity contribution is 5.39. The highest BCUT2D eigenvalue weighted by Crippen LogP contribution is 2.24. The molecule has 0 aliphatic heterocycles. The number of nitrogens with zero attached hydrogens (tertiary/aromatic N) is 3. The van der Waals surface area contributed by atoms with Crippen LogP contribution in [0.4, 0.5) is 13.2 Å². The van der Waals surface area contributed by atoms with E-state index < -0.39 is 6.36 Å². The van der Waals surface area contributed by atoms with Crippen LogP contribution in [0.15, 0.2) is 30.5 Å². The van der Waals surface area contributed by atoms with E-state index in [1.807, 2.05) is 0 Å². The highest BCUT2D eigenvalue weighted by Gasteiger charge is 2.31. The van der Waals surface area contributed by atoms with E-state index in [-0.39, 0.29) is 12.3 Å². The highest BCUT2D eigenvalue weighted by atomic mass is 19.4. The SMILES string of the molecule is NCc1cnnn1-c1cccc(OC(F)(F)F)c1. The summed E-state index contributed by atoms with van der Waals surface area (Å²) in [6.45, 7) is 0.178. The Morgan fingerprint density at radius 3 is 2.78 bits per heavy atom. The largest absolute Gasteiger partial charge is 0.573 e. The van der Waals surface area contributed by atoms with Gasteiger partial charge in [0.15, 0.2) is 0 Å². The van der Waals surface area contributed by atoms with Crippen LogP contribution in [-0.2, 0) is 6.54 Å². The summed E-state index contributed by atoms with van der Waals surface area (Å²) in [4.78, 5) is 0. The Hall–Kier alpha value is -2.09. The lowest BCUT2D eigenvalue weighted by molar-refractivity contribution is -0.274. The Balaban J connectivity index is 2.33. The normalized spacial score (nSPS) is 11.6. The van der Waals surface area contributed by atoms with Crippen LogP contribution in [0.3, 0.4) is 0 Å². The standard InChI is InChI=1S/C10H9F3N4O/c11-10(12,13)18-9-3-1-2-7(4-9)17-8(5-14)6-15-16-17/h1-4,6H,5,14H2. The quantitative estimate of drug-likeness (QED) is 0.908. The van der Waals surface area contributed by atoms with E-state index in [2.05, 4.69) is 15.0 Å². The molecule has 96 valence electrons. The van der Waals surface area contributed by atoms with E-state index in [0.29, 0.717) is 11.4 Å². The first-order valence-electron chi connectivity index (χ1n) is 4.95. The number of alkyl halides is 3. The summed E-state index contributed by atoms with van der Waals surface area (Å²) in [5.74, 6) is -0.321. The van der Waals surface area contributed by atoms with Gasteiger partial charge in [-0.25, -0.2) is 4.68 Å². The molecule has 0 radical (unpaired) electrons. The van der Waals surface area contributed by atoms with E-state index in [4.69, 9.17) is 5.73 Å².